The molecule has 8 nitrogen and oxygen atoms in total. The van der Waals surface area contributed by atoms with Gasteiger partial charge in [0.1, 0.15) is 18.5 Å². The number of benzene rings is 2. The number of sulfonamides is 1. The standard InChI is InChI=1S/C14H15NO7S2/c1-23(16,17)15-24(18,19)22-14-4-2-3-10-5-6-11(7-13(10)14)20-8-12-9-21-12/h2-7,12,15H,8-9H2,1H3. The van der Waals surface area contributed by atoms with E-state index in [4.69, 9.17) is 13.7 Å². The molecular weight excluding hydrogens is 358 g/mol. The molecule has 0 spiro atoms. The molecule has 0 saturated carbocycles. The van der Waals surface area contributed by atoms with Crippen LogP contribution < -0.4 is 13.0 Å². The molecular formula is C14H15NO7S2. The summed E-state index contributed by atoms with van der Waals surface area (Å²) in [5.74, 6) is 0.527. The zero-order valence-electron chi connectivity index (χ0n) is 12.6. The number of fused-ring (bicyclic) bond motifs is 1. The third-order valence-corrected chi connectivity index (χ3v) is 5.53. The molecule has 2 aromatic carbocycles. The van der Waals surface area contributed by atoms with Gasteiger partial charge in [-0.15, -0.1) is 0 Å². The van der Waals surface area contributed by atoms with E-state index in [2.05, 4.69) is 0 Å². The summed E-state index contributed by atoms with van der Waals surface area (Å²) in [6.45, 7) is 1.07. The zero-order valence-corrected chi connectivity index (χ0v) is 14.3. The second-order valence-electron chi connectivity index (χ2n) is 5.30. The Morgan fingerprint density at radius 2 is 1.96 bits per heavy atom. The van der Waals surface area contributed by atoms with Gasteiger partial charge in [0, 0.05) is 5.39 Å². The average molecular weight is 373 g/mol. The minimum absolute atomic E-state index is 0.00299. The quantitative estimate of drug-likeness (QED) is 0.714. The molecule has 1 atom stereocenters. The highest BCUT2D eigenvalue weighted by atomic mass is 32.3. The largest absolute Gasteiger partial charge is 0.491 e. The van der Waals surface area contributed by atoms with E-state index >= 15 is 0 Å². The maximum atomic E-state index is 11.8. The van der Waals surface area contributed by atoms with Gasteiger partial charge in [-0.1, -0.05) is 22.3 Å². The summed E-state index contributed by atoms with van der Waals surface area (Å²) in [5.41, 5.74) is 0. The van der Waals surface area contributed by atoms with Crippen molar-refractivity contribution in [3.8, 4) is 11.5 Å². The number of rotatable bonds is 7. The molecule has 0 amide bonds. The molecule has 0 bridgehead atoms. The van der Waals surface area contributed by atoms with Crippen molar-refractivity contribution in [2.24, 2.45) is 0 Å². The van der Waals surface area contributed by atoms with E-state index in [0.29, 0.717) is 24.3 Å². The van der Waals surface area contributed by atoms with E-state index in [1.54, 1.807) is 30.3 Å². The van der Waals surface area contributed by atoms with Crippen LogP contribution in [0.2, 0.25) is 0 Å². The molecule has 0 radical (unpaired) electrons. The van der Waals surface area contributed by atoms with Gasteiger partial charge in [-0.25, -0.2) is 8.42 Å². The third-order valence-electron chi connectivity index (χ3n) is 3.10. The Labute approximate surface area is 139 Å². The van der Waals surface area contributed by atoms with Crippen LogP contribution in [0.4, 0.5) is 0 Å². The molecule has 24 heavy (non-hydrogen) atoms. The number of hydrogen-bond acceptors (Lipinski definition) is 7. The third kappa shape index (κ3) is 4.57. The first-order valence-corrected chi connectivity index (χ1v) is 10.2. The van der Waals surface area contributed by atoms with Gasteiger partial charge in [-0.05, 0) is 23.6 Å². The van der Waals surface area contributed by atoms with Gasteiger partial charge >= 0.3 is 10.3 Å². The Bertz CT molecular complexity index is 966. The fourth-order valence-electron chi connectivity index (χ4n) is 2.06. The second kappa shape index (κ2) is 6.20. The van der Waals surface area contributed by atoms with Gasteiger partial charge in [-0.2, -0.15) is 8.42 Å². The fourth-order valence-corrected chi connectivity index (χ4v) is 4.06. The Morgan fingerprint density at radius 3 is 2.62 bits per heavy atom. The predicted molar refractivity (Wildman–Crippen MR) is 86.7 cm³/mol. The van der Waals surface area contributed by atoms with Gasteiger partial charge in [-0.3, -0.25) is 0 Å². The van der Waals surface area contributed by atoms with Gasteiger partial charge in [0.05, 0.1) is 12.9 Å². The second-order valence-corrected chi connectivity index (χ2v) is 8.58. The lowest BCUT2D eigenvalue weighted by Gasteiger charge is -2.11. The lowest BCUT2D eigenvalue weighted by Crippen LogP contribution is -2.33. The van der Waals surface area contributed by atoms with Crippen LogP contribution in [0.3, 0.4) is 0 Å². The first kappa shape index (κ1) is 17.0. The summed E-state index contributed by atoms with van der Waals surface area (Å²) in [6.07, 6.45) is 0.814. The lowest BCUT2D eigenvalue weighted by molar-refractivity contribution is 0.263. The van der Waals surface area contributed by atoms with Crippen LogP contribution in [0.15, 0.2) is 36.4 Å². The van der Waals surface area contributed by atoms with Crippen molar-refractivity contribution in [3.05, 3.63) is 36.4 Å². The van der Waals surface area contributed by atoms with Crippen LogP contribution in [0.1, 0.15) is 0 Å². The number of epoxide rings is 1. The monoisotopic (exact) mass is 373 g/mol. The average Bonchev–Trinajstić information content (AvgIpc) is 3.26. The highest BCUT2D eigenvalue weighted by Gasteiger charge is 2.23. The van der Waals surface area contributed by atoms with Gasteiger partial charge in [0.25, 0.3) is 0 Å². The molecule has 1 heterocycles. The van der Waals surface area contributed by atoms with Crippen LogP contribution in [0, 0.1) is 0 Å². The van der Waals surface area contributed by atoms with E-state index in [1.807, 2.05) is 0 Å². The van der Waals surface area contributed by atoms with Gasteiger partial charge < -0.3 is 13.7 Å². The number of hydrogen-bond donors (Lipinski definition) is 1. The minimum atomic E-state index is -4.51. The highest BCUT2D eigenvalue weighted by molar-refractivity contribution is 8.02. The molecule has 10 heteroatoms. The topological polar surface area (TPSA) is 111 Å². The summed E-state index contributed by atoms with van der Waals surface area (Å²) >= 11 is 0. The van der Waals surface area contributed by atoms with Crippen LogP contribution in [0.25, 0.3) is 10.8 Å². The maximum absolute atomic E-state index is 11.8. The SMILES string of the molecule is CS(=O)(=O)NS(=O)(=O)Oc1cccc2ccc(OCC3CO3)cc12. The molecule has 3 rings (SSSR count). The molecule has 1 saturated heterocycles. The Balaban J connectivity index is 1.90. The number of ether oxygens (including phenoxy) is 2. The zero-order chi connectivity index (χ0) is 17.4. The van der Waals surface area contributed by atoms with E-state index < -0.39 is 20.3 Å². The van der Waals surface area contributed by atoms with E-state index in [1.165, 1.54) is 10.2 Å². The summed E-state index contributed by atoms with van der Waals surface area (Å²) in [6, 6.07) is 9.93. The van der Waals surface area contributed by atoms with E-state index in [9.17, 15) is 16.8 Å². The van der Waals surface area contributed by atoms with Crippen molar-refractivity contribution in [3.63, 3.8) is 0 Å². The Kier molecular flexibility index (Phi) is 4.38. The summed E-state index contributed by atoms with van der Waals surface area (Å²) in [5, 5.41) is 1.20. The lowest BCUT2D eigenvalue weighted by atomic mass is 10.1. The van der Waals surface area contributed by atoms with Crippen molar-refractivity contribution in [2.45, 2.75) is 6.10 Å². The fraction of sp³-hybridized carbons (Fsp3) is 0.286. The molecule has 130 valence electrons. The van der Waals surface area contributed by atoms with Crippen molar-refractivity contribution in [1.82, 2.24) is 4.13 Å². The van der Waals surface area contributed by atoms with E-state index in [0.717, 1.165) is 11.6 Å². The van der Waals surface area contributed by atoms with Crippen molar-refractivity contribution in [1.29, 1.82) is 0 Å². The van der Waals surface area contributed by atoms with Crippen LogP contribution in [-0.2, 0) is 25.1 Å². The van der Waals surface area contributed by atoms with Crippen molar-refractivity contribution >= 4 is 31.1 Å². The minimum Gasteiger partial charge on any atom is -0.491 e. The van der Waals surface area contributed by atoms with Crippen molar-refractivity contribution in [2.75, 3.05) is 19.5 Å². The first-order chi connectivity index (χ1) is 11.2. The molecule has 1 aliphatic heterocycles. The summed E-state index contributed by atoms with van der Waals surface area (Å²) in [4.78, 5) is 0. The predicted octanol–water partition coefficient (Wildman–Crippen LogP) is 0.790. The molecule has 1 unspecified atom stereocenters. The van der Waals surface area contributed by atoms with Crippen LogP contribution >= 0.6 is 0 Å². The summed E-state index contributed by atoms with van der Waals surface area (Å²) < 4.78 is 62.8. The maximum Gasteiger partial charge on any atom is 0.395 e. The van der Waals surface area contributed by atoms with Crippen LogP contribution in [-0.4, -0.2) is 42.4 Å². The van der Waals surface area contributed by atoms with Gasteiger partial charge in [0.15, 0.2) is 5.75 Å². The van der Waals surface area contributed by atoms with Crippen LogP contribution in [0.5, 0.6) is 11.5 Å². The summed E-state index contributed by atoms with van der Waals surface area (Å²) in [7, 11) is -8.49. The molecule has 1 aliphatic rings. The molecule has 0 aliphatic carbocycles. The first-order valence-electron chi connectivity index (χ1n) is 6.92. The molecule has 1 fully saturated rings. The highest BCUT2D eigenvalue weighted by Crippen LogP contribution is 2.30. The van der Waals surface area contributed by atoms with Gasteiger partial charge in [0.2, 0.25) is 10.0 Å². The smallest absolute Gasteiger partial charge is 0.395 e. The number of nitrogens with one attached hydrogen (secondary N) is 1. The molecule has 1 N–H and O–H groups in total. The van der Waals surface area contributed by atoms with E-state index in [-0.39, 0.29) is 11.9 Å². The van der Waals surface area contributed by atoms with Crippen molar-refractivity contribution < 1.29 is 30.5 Å². The Morgan fingerprint density at radius 1 is 1.21 bits per heavy atom. The molecule has 2 aromatic rings. The molecule has 0 aromatic heterocycles. The Hall–Kier alpha value is -1.88. The normalized spacial score (nSPS) is 17.6.